The van der Waals surface area contributed by atoms with Crippen LogP contribution in [0.4, 0.5) is 15.8 Å². The molecular formula is C24H36FN3O4. The van der Waals surface area contributed by atoms with E-state index in [-0.39, 0.29) is 37.6 Å². The molecule has 1 aliphatic heterocycles. The second kappa shape index (κ2) is 10.4. The van der Waals surface area contributed by atoms with E-state index in [2.05, 4.69) is 5.32 Å². The van der Waals surface area contributed by atoms with Gasteiger partial charge in [0.25, 0.3) is 0 Å². The van der Waals surface area contributed by atoms with Crippen molar-refractivity contribution < 1.29 is 24.1 Å². The largest absolute Gasteiger partial charge is 0.466 e. The van der Waals surface area contributed by atoms with Gasteiger partial charge in [0.15, 0.2) is 6.35 Å². The molecule has 0 aromatic heterocycles. The molecule has 4 rings (SSSR count). The van der Waals surface area contributed by atoms with Gasteiger partial charge in [0.1, 0.15) is 12.0 Å². The molecule has 0 amide bonds. The van der Waals surface area contributed by atoms with Crippen LogP contribution < -0.4 is 10.2 Å². The van der Waals surface area contributed by atoms with Crippen molar-refractivity contribution in [2.45, 2.75) is 95.8 Å². The van der Waals surface area contributed by atoms with E-state index in [1.54, 1.807) is 13.0 Å². The zero-order chi connectivity index (χ0) is 22.7. The normalized spacial score (nSPS) is 25.1. The van der Waals surface area contributed by atoms with E-state index in [0.29, 0.717) is 16.9 Å². The van der Waals surface area contributed by atoms with Crippen LogP contribution >= 0.6 is 0 Å². The number of aliphatic hydroxyl groups is 2. The third-order valence-electron chi connectivity index (χ3n) is 7.09. The van der Waals surface area contributed by atoms with Gasteiger partial charge in [-0.1, -0.05) is 32.1 Å². The zero-order valence-corrected chi connectivity index (χ0v) is 18.9. The predicted octanol–water partition coefficient (Wildman–Crippen LogP) is 3.85. The molecule has 0 saturated heterocycles. The molecule has 32 heavy (non-hydrogen) atoms. The lowest BCUT2D eigenvalue weighted by Crippen LogP contribution is -2.57. The standard InChI is InChI=1S/C24H36FN3O4/c1-2-32-22(29)12-13-27-23(30)18-14-19(25)20(26-16-8-4-3-5-9-16)15-21(18)28(24(27)31)17-10-6-7-11-17/h14-17,23-24,26,30-31H,2-13H2,1H3. The summed E-state index contributed by atoms with van der Waals surface area (Å²) in [6, 6.07) is 3.49. The van der Waals surface area contributed by atoms with E-state index in [9.17, 15) is 15.0 Å². The van der Waals surface area contributed by atoms with Gasteiger partial charge in [0.2, 0.25) is 0 Å². The molecule has 1 heterocycles. The number of esters is 1. The molecule has 1 aromatic rings. The minimum Gasteiger partial charge on any atom is -0.466 e. The second-order valence-corrected chi connectivity index (χ2v) is 9.23. The van der Waals surface area contributed by atoms with Crippen LogP contribution in [0.25, 0.3) is 0 Å². The van der Waals surface area contributed by atoms with Crippen molar-refractivity contribution in [1.29, 1.82) is 0 Å². The maximum Gasteiger partial charge on any atom is 0.307 e. The van der Waals surface area contributed by atoms with Crippen molar-refractivity contribution in [3.63, 3.8) is 0 Å². The van der Waals surface area contributed by atoms with Gasteiger partial charge in [-0.3, -0.25) is 4.79 Å². The Kier molecular flexibility index (Phi) is 7.53. The number of carbonyl (C=O) groups is 1. The van der Waals surface area contributed by atoms with Gasteiger partial charge in [0, 0.05) is 29.9 Å². The highest BCUT2D eigenvalue weighted by Crippen LogP contribution is 2.43. The first kappa shape index (κ1) is 23.3. The molecule has 8 heteroatoms. The lowest BCUT2D eigenvalue weighted by atomic mass is 9.95. The van der Waals surface area contributed by atoms with Gasteiger partial charge in [-0.25, -0.2) is 9.29 Å². The van der Waals surface area contributed by atoms with E-state index in [4.69, 9.17) is 4.74 Å². The van der Waals surface area contributed by atoms with Crippen LogP contribution in [0.1, 0.15) is 82.9 Å². The number of anilines is 2. The van der Waals surface area contributed by atoms with Gasteiger partial charge in [-0.15, -0.1) is 0 Å². The maximum atomic E-state index is 15.1. The summed E-state index contributed by atoms with van der Waals surface area (Å²) in [6.07, 6.45) is 7.31. The summed E-state index contributed by atoms with van der Waals surface area (Å²) in [4.78, 5) is 15.2. The number of nitrogens with one attached hydrogen (secondary N) is 1. The van der Waals surface area contributed by atoms with Crippen molar-refractivity contribution >= 4 is 17.3 Å². The van der Waals surface area contributed by atoms with Crippen LogP contribution in [0.2, 0.25) is 0 Å². The van der Waals surface area contributed by atoms with Crippen molar-refractivity contribution in [3.8, 4) is 0 Å². The third kappa shape index (κ3) is 4.87. The summed E-state index contributed by atoms with van der Waals surface area (Å²) in [5.74, 6) is -0.787. The van der Waals surface area contributed by atoms with Crippen LogP contribution in [-0.2, 0) is 9.53 Å². The highest BCUT2D eigenvalue weighted by Gasteiger charge is 2.41. The highest BCUT2D eigenvalue weighted by molar-refractivity contribution is 5.70. The van der Waals surface area contributed by atoms with Gasteiger partial charge >= 0.3 is 5.97 Å². The van der Waals surface area contributed by atoms with Crippen LogP contribution in [-0.4, -0.2) is 52.7 Å². The molecule has 7 nitrogen and oxygen atoms in total. The second-order valence-electron chi connectivity index (χ2n) is 9.23. The lowest BCUT2D eigenvalue weighted by molar-refractivity contribution is -0.148. The van der Waals surface area contributed by atoms with Gasteiger partial charge in [-0.2, -0.15) is 0 Å². The summed E-state index contributed by atoms with van der Waals surface area (Å²) < 4.78 is 20.1. The maximum absolute atomic E-state index is 15.1. The van der Waals surface area contributed by atoms with Crippen LogP contribution in [0.3, 0.4) is 0 Å². The van der Waals surface area contributed by atoms with E-state index in [1.165, 1.54) is 17.4 Å². The summed E-state index contributed by atoms with van der Waals surface area (Å²) >= 11 is 0. The molecule has 2 saturated carbocycles. The smallest absolute Gasteiger partial charge is 0.307 e. The molecule has 0 bridgehead atoms. The monoisotopic (exact) mass is 449 g/mol. The summed E-state index contributed by atoms with van der Waals surface area (Å²) in [6.45, 7) is 2.14. The molecule has 178 valence electrons. The van der Waals surface area contributed by atoms with Crippen LogP contribution in [0.5, 0.6) is 0 Å². The Hall–Kier alpha value is -1.90. The van der Waals surface area contributed by atoms with Gasteiger partial charge in [0.05, 0.1) is 18.7 Å². The number of halogens is 1. The molecule has 0 radical (unpaired) electrons. The highest BCUT2D eigenvalue weighted by atomic mass is 19.1. The van der Waals surface area contributed by atoms with Crippen molar-refractivity contribution in [2.24, 2.45) is 0 Å². The summed E-state index contributed by atoms with van der Waals surface area (Å²) in [5.41, 5.74) is 1.53. The Balaban J connectivity index is 1.63. The third-order valence-corrected chi connectivity index (χ3v) is 7.09. The number of ether oxygens (including phenoxy) is 1. The lowest BCUT2D eigenvalue weighted by Gasteiger charge is -2.48. The SMILES string of the molecule is CCOC(=O)CCN1C(O)c2cc(F)c(NC3CCCCC3)cc2N(C2CCCC2)C1O. The van der Waals surface area contributed by atoms with E-state index >= 15 is 4.39 Å². The minimum absolute atomic E-state index is 0.0413. The predicted molar refractivity (Wildman–Crippen MR) is 121 cm³/mol. The topological polar surface area (TPSA) is 85.3 Å². The van der Waals surface area contributed by atoms with Gasteiger partial charge in [-0.05, 0) is 44.7 Å². The number of aliphatic hydroxyl groups excluding tert-OH is 2. The fourth-order valence-electron chi connectivity index (χ4n) is 5.43. The van der Waals surface area contributed by atoms with Crippen LogP contribution in [0, 0.1) is 5.82 Å². The first-order valence-corrected chi connectivity index (χ1v) is 12.2. The van der Waals surface area contributed by atoms with Crippen molar-refractivity contribution in [3.05, 3.63) is 23.5 Å². The average Bonchev–Trinajstić information content (AvgIpc) is 3.30. The molecule has 2 fully saturated rings. The number of benzene rings is 1. The van der Waals surface area contributed by atoms with Crippen molar-refractivity contribution in [2.75, 3.05) is 23.4 Å². The molecule has 2 atom stereocenters. The average molecular weight is 450 g/mol. The Morgan fingerprint density at radius 3 is 2.50 bits per heavy atom. The summed E-state index contributed by atoms with van der Waals surface area (Å²) in [5, 5.41) is 25.7. The van der Waals surface area contributed by atoms with E-state index < -0.39 is 18.4 Å². The number of carbonyl (C=O) groups excluding carboxylic acids is 1. The van der Waals surface area contributed by atoms with E-state index in [0.717, 1.165) is 51.4 Å². The number of fused-ring (bicyclic) bond motifs is 1. The molecule has 2 unspecified atom stereocenters. The van der Waals surface area contributed by atoms with E-state index in [1.807, 2.05) is 4.90 Å². The minimum atomic E-state index is -1.20. The van der Waals surface area contributed by atoms with Crippen molar-refractivity contribution in [1.82, 2.24) is 4.90 Å². The molecule has 3 aliphatic rings. The molecular weight excluding hydrogens is 413 g/mol. The first-order chi connectivity index (χ1) is 15.5. The quantitative estimate of drug-likeness (QED) is 0.545. The Morgan fingerprint density at radius 2 is 1.81 bits per heavy atom. The first-order valence-electron chi connectivity index (χ1n) is 12.2. The number of nitrogens with zero attached hydrogens (tertiary/aromatic N) is 2. The number of hydrogen-bond donors (Lipinski definition) is 3. The Bertz CT molecular complexity index is 796. The molecule has 0 spiro atoms. The summed E-state index contributed by atoms with van der Waals surface area (Å²) in [7, 11) is 0. The molecule has 2 aliphatic carbocycles. The zero-order valence-electron chi connectivity index (χ0n) is 18.9. The van der Waals surface area contributed by atoms with Crippen LogP contribution in [0.15, 0.2) is 12.1 Å². The Labute approximate surface area is 189 Å². The fraction of sp³-hybridized carbons (Fsp3) is 0.708. The number of hydrogen-bond acceptors (Lipinski definition) is 7. The van der Waals surface area contributed by atoms with Gasteiger partial charge < -0.3 is 25.2 Å². The Morgan fingerprint density at radius 1 is 1.12 bits per heavy atom. The fourth-order valence-corrected chi connectivity index (χ4v) is 5.43. The molecule has 1 aromatic carbocycles. The molecule has 3 N–H and O–H groups in total. The number of rotatable bonds is 7.